The Balaban J connectivity index is 1.89. The molecular weight excluding hydrogens is 276 g/mol. The van der Waals surface area contributed by atoms with E-state index in [-0.39, 0.29) is 0 Å². The molecule has 0 radical (unpaired) electrons. The first kappa shape index (κ1) is 16.7. The van der Waals surface area contributed by atoms with Crippen molar-refractivity contribution in [1.82, 2.24) is 4.90 Å². The lowest BCUT2D eigenvalue weighted by Gasteiger charge is -2.35. The molecule has 1 heterocycles. The van der Waals surface area contributed by atoms with Gasteiger partial charge in [0.2, 0.25) is 0 Å². The molecule has 1 N–H and O–H groups in total. The number of thioether (sulfide) groups is 1. The quantitative estimate of drug-likeness (QED) is 0.734. The van der Waals surface area contributed by atoms with Crippen LogP contribution in [-0.2, 0) is 0 Å². The molecule has 1 fully saturated rings. The Labute approximate surface area is 134 Å². The summed E-state index contributed by atoms with van der Waals surface area (Å²) in [6.07, 6.45) is 3.94. The fourth-order valence-electron chi connectivity index (χ4n) is 3.22. The Kier molecular flexibility index (Phi) is 6.91. The van der Waals surface area contributed by atoms with Crippen LogP contribution in [0, 0.1) is 5.92 Å². The van der Waals surface area contributed by atoms with Crippen molar-refractivity contribution in [2.75, 3.05) is 30.7 Å². The number of piperidine rings is 1. The number of nitrogens with one attached hydrogen (secondary N) is 1. The summed E-state index contributed by atoms with van der Waals surface area (Å²) in [4.78, 5) is 4.00. The Bertz CT molecular complexity index is 413. The van der Waals surface area contributed by atoms with E-state index in [1.165, 1.54) is 49.5 Å². The predicted molar refractivity (Wildman–Crippen MR) is 95.4 cm³/mol. The third-order valence-corrected chi connectivity index (χ3v) is 5.40. The standard InChI is InChI=1S/C18H30N2S/c1-4-12-20-13-10-16(11-14-20)15(3)19-17-8-6-7-9-18(17)21-5-2/h6-9,15-16,19H,4-5,10-14H2,1-3H3. The SMILES string of the molecule is CCCN1CCC(C(C)Nc2ccccc2SCC)CC1. The van der Waals surface area contributed by atoms with Gasteiger partial charge in [-0.15, -0.1) is 11.8 Å². The number of hydrogen-bond donors (Lipinski definition) is 1. The van der Waals surface area contributed by atoms with E-state index in [4.69, 9.17) is 0 Å². The zero-order valence-corrected chi connectivity index (χ0v) is 14.6. The molecule has 1 aliphatic rings. The first-order chi connectivity index (χ1) is 10.2. The summed E-state index contributed by atoms with van der Waals surface area (Å²) in [6, 6.07) is 9.29. The highest BCUT2D eigenvalue weighted by Crippen LogP contribution is 2.29. The van der Waals surface area contributed by atoms with Gasteiger partial charge in [0.25, 0.3) is 0 Å². The van der Waals surface area contributed by atoms with Gasteiger partial charge in [-0.25, -0.2) is 0 Å². The maximum atomic E-state index is 3.77. The van der Waals surface area contributed by atoms with Crippen molar-refractivity contribution < 1.29 is 0 Å². The van der Waals surface area contributed by atoms with Gasteiger partial charge in [-0.3, -0.25) is 0 Å². The monoisotopic (exact) mass is 306 g/mol. The molecule has 0 aromatic heterocycles. The number of rotatable bonds is 7. The zero-order chi connectivity index (χ0) is 15.1. The highest BCUT2D eigenvalue weighted by molar-refractivity contribution is 7.99. The van der Waals surface area contributed by atoms with Gasteiger partial charge in [0.1, 0.15) is 0 Å². The first-order valence-electron chi connectivity index (χ1n) is 8.45. The molecule has 0 spiro atoms. The van der Waals surface area contributed by atoms with Gasteiger partial charge >= 0.3 is 0 Å². The fraction of sp³-hybridized carbons (Fsp3) is 0.667. The van der Waals surface area contributed by atoms with Crippen LogP contribution in [-0.4, -0.2) is 36.3 Å². The molecular formula is C18H30N2S. The molecule has 1 unspecified atom stereocenters. The van der Waals surface area contributed by atoms with E-state index in [0.29, 0.717) is 6.04 Å². The van der Waals surface area contributed by atoms with Crippen molar-refractivity contribution in [3.05, 3.63) is 24.3 Å². The molecule has 0 aliphatic carbocycles. The minimum atomic E-state index is 0.562. The minimum Gasteiger partial charge on any atom is -0.381 e. The topological polar surface area (TPSA) is 15.3 Å². The highest BCUT2D eigenvalue weighted by Gasteiger charge is 2.23. The van der Waals surface area contributed by atoms with E-state index in [1.54, 1.807) is 0 Å². The molecule has 3 heteroatoms. The van der Waals surface area contributed by atoms with Crippen LogP contribution in [0.25, 0.3) is 0 Å². The number of hydrogen-bond acceptors (Lipinski definition) is 3. The third-order valence-electron chi connectivity index (χ3n) is 4.45. The van der Waals surface area contributed by atoms with Gasteiger partial charge in [-0.2, -0.15) is 0 Å². The summed E-state index contributed by atoms with van der Waals surface area (Å²) >= 11 is 1.93. The largest absolute Gasteiger partial charge is 0.381 e. The summed E-state index contributed by atoms with van der Waals surface area (Å²) in [6.45, 7) is 10.7. The number of anilines is 1. The molecule has 0 amide bonds. The van der Waals surface area contributed by atoms with Gasteiger partial charge < -0.3 is 10.2 Å². The van der Waals surface area contributed by atoms with Crippen LogP contribution in [0.5, 0.6) is 0 Å². The maximum absolute atomic E-state index is 3.77. The van der Waals surface area contributed by atoms with Crippen molar-refractivity contribution in [1.29, 1.82) is 0 Å². The van der Waals surface area contributed by atoms with Crippen LogP contribution in [0.4, 0.5) is 5.69 Å². The molecule has 21 heavy (non-hydrogen) atoms. The highest BCUT2D eigenvalue weighted by atomic mass is 32.2. The van der Waals surface area contributed by atoms with Crippen LogP contribution < -0.4 is 5.32 Å². The number of likely N-dealkylation sites (tertiary alicyclic amines) is 1. The van der Waals surface area contributed by atoms with Crippen LogP contribution in [0.3, 0.4) is 0 Å². The van der Waals surface area contributed by atoms with Gasteiger partial charge in [-0.1, -0.05) is 26.0 Å². The lowest BCUT2D eigenvalue weighted by Crippen LogP contribution is -2.39. The summed E-state index contributed by atoms with van der Waals surface area (Å²) < 4.78 is 0. The zero-order valence-electron chi connectivity index (χ0n) is 13.8. The van der Waals surface area contributed by atoms with Gasteiger partial charge in [0, 0.05) is 16.6 Å². The smallest absolute Gasteiger partial charge is 0.0480 e. The molecule has 0 saturated carbocycles. The second-order valence-electron chi connectivity index (χ2n) is 6.04. The van der Waals surface area contributed by atoms with E-state index in [0.717, 1.165) is 11.7 Å². The molecule has 1 saturated heterocycles. The molecule has 1 aromatic carbocycles. The van der Waals surface area contributed by atoms with Crippen LogP contribution in [0.15, 0.2) is 29.2 Å². The maximum Gasteiger partial charge on any atom is 0.0480 e. The van der Waals surface area contributed by atoms with Crippen LogP contribution in [0.2, 0.25) is 0 Å². The average Bonchev–Trinajstić information content (AvgIpc) is 2.50. The molecule has 1 aliphatic heterocycles. The Morgan fingerprint density at radius 3 is 2.62 bits per heavy atom. The van der Waals surface area contributed by atoms with Crippen molar-refractivity contribution in [3.8, 4) is 0 Å². The number of nitrogens with zero attached hydrogens (tertiary/aromatic N) is 1. The molecule has 2 rings (SSSR count). The summed E-state index contributed by atoms with van der Waals surface area (Å²) in [5.41, 5.74) is 1.31. The second kappa shape index (κ2) is 8.70. The van der Waals surface area contributed by atoms with Gasteiger partial charge in [0.05, 0.1) is 0 Å². The van der Waals surface area contributed by atoms with Gasteiger partial charge in [-0.05, 0) is 69.6 Å². The molecule has 1 atom stereocenters. The van der Waals surface area contributed by atoms with Crippen molar-refractivity contribution in [2.24, 2.45) is 5.92 Å². The van der Waals surface area contributed by atoms with E-state index >= 15 is 0 Å². The Morgan fingerprint density at radius 1 is 1.24 bits per heavy atom. The average molecular weight is 307 g/mol. The summed E-state index contributed by atoms with van der Waals surface area (Å²) in [7, 11) is 0. The van der Waals surface area contributed by atoms with Crippen molar-refractivity contribution in [2.45, 2.75) is 51.0 Å². The molecule has 118 valence electrons. The summed E-state index contributed by atoms with van der Waals surface area (Å²) in [5, 5.41) is 3.77. The van der Waals surface area contributed by atoms with Crippen molar-refractivity contribution >= 4 is 17.4 Å². The Morgan fingerprint density at radius 2 is 1.95 bits per heavy atom. The summed E-state index contributed by atoms with van der Waals surface area (Å²) in [5.74, 6) is 1.93. The van der Waals surface area contributed by atoms with E-state index in [2.05, 4.69) is 55.3 Å². The fourth-order valence-corrected chi connectivity index (χ4v) is 3.99. The van der Waals surface area contributed by atoms with Crippen LogP contribution >= 0.6 is 11.8 Å². The number of benzene rings is 1. The Hall–Kier alpha value is -0.670. The lowest BCUT2D eigenvalue weighted by atomic mass is 9.90. The van der Waals surface area contributed by atoms with E-state index < -0.39 is 0 Å². The minimum absolute atomic E-state index is 0.562. The molecule has 2 nitrogen and oxygen atoms in total. The molecule has 1 aromatic rings. The normalized spacial score (nSPS) is 18.6. The van der Waals surface area contributed by atoms with Crippen molar-refractivity contribution in [3.63, 3.8) is 0 Å². The number of para-hydroxylation sites is 1. The lowest BCUT2D eigenvalue weighted by molar-refractivity contribution is 0.176. The second-order valence-corrected chi connectivity index (χ2v) is 7.35. The first-order valence-corrected chi connectivity index (χ1v) is 9.43. The third kappa shape index (κ3) is 4.93. The van der Waals surface area contributed by atoms with Crippen LogP contribution in [0.1, 0.15) is 40.0 Å². The molecule has 0 bridgehead atoms. The van der Waals surface area contributed by atoms with Gasteiger partial charge in [0.15, 0.2) is 0 Å². The van der Waals surface area contributed by atoms with E-state index in [9.17, 15) is 0 Å². The predicted octanol–water partition coefficient (Wildman–Crippen LogP) is 4.72. The van der Waals surface area contributed by atoms with E-state index in [1.807, 2.05) is 11.8 Å².